The molecular weight excluding hydrogens is 280 g/mol. The molecule has 0 saturated heterocycles. The summed E-state index contributed by atoms with van der Waals surface area (Å²) in [6.45, 7) is 7.72. The van der Waals surface area contributed by atoms with Gasteiger partial charge in [0.1, 0.15) is 0 Å². The van der Waals surface area contributed by atoms with Crippen molar-refractivity contribution in [3.8, 4) is 0 Å². The van der Waals surface area contributed by atoms with E-state index in [1.807, 2.05) is 12.1 Å². The first kappa shape index (κ1) is 16.8. The average Bonchev–Trinajstić information content (AvgIpc) is 2.49. The van der Waals surface area contributed by atoms with Gasteiger partial charge in [-0.3, -0.25) is 4.90 Å². The largest absolute Gasteiger partial charge is 0.329 e. The van der Waals surface area contributed by atoms with Crippen molar-refractivity contribution in [3.05, 3.63) is 34.9 Å². The highest BCUT2D eigenvalue weighted by Gasteiger charge is 2.44. The average molecular weight is 309 g/mol. The fourth-order valence-electron chi connectivity index (χ4n) is 3.98. The molecule has 1 fully saturated rings. The predicted octanol–water partition coefficient (Wildman–Crippen LogP) is 4.49. The molecule has 118 valence electrons. The molecule has 21 heavy (non-hydrogen) atoms. The van der Waals surface area contributed by atoms with Gasteiger partial charge in [-0.2, -0.15) is 0 Å². The molecule has 1 aromatic carbocycles. The van der Waals surface area contributed by atoms with Gasteiger partial charge >= 0.3 is 0 Å². The molecule has 0 aromatic heterocycles. The molecule has 0 aliphatic heterocycles. The lowest BCUT2D eigenvalue weighted by Gasteiger charge is -2.52. The van der Waals surface area contributed by atoms with Gasteiger partial charge in [-0.1, -0.05) is 44.0 Å². The zero-order chi connectivity index (χ0) is 15.6. The van der Waals surface area contributed by atoms with Gasteiger partial charge in [-0.15, -0.1) is 0 Å². The second-order valence-corrected chi connectivity index (χ2v) is 7.37. The Labute approximate surface area is 134 Å². The summed E-state index contributed by atoms with van der Waals surface area (Å²) >= 11 is 6.01. The third kappa shape index (κ3) is 3.28. The molecule has 0 radical (unpaired) electrons. The molecule has 2 nitrogen and oxygen atoms in total. The van der Waals surface area contributed by atoms with Crippen molar-refractivity contribution in [2.75, 3.05) is 13.6 Å². The van der Waals surface area contributed by atoms with Gasteiger partial charge in [-0.25, -0.2) is 0 Å². The van der Waals surface area contributed by atoms with Crippen molar-refractivity contribution < 1.29 is 0 Å². The first-order valence-electron chi connectivity index (χ1n) is 8.09. The van der Waals surface area contributed by atoms with Crippen molar-refractivity contribution in [1.29, 1.82) is 0 Å². The fraction of sp³-hybridized carbons (Fsp3) is 0.667. The second kappa shape index (κ2) is 6.68. The van der Waals surface area contributed by atoms with Crippen LogP contribution in [0.3, 0.4) is 0 Å². The van der Waals surface area contributed by atoms with Gasteiger partial charge < -0.3 is 5.73 Å². The molecule has 4 unspecified atom stereocenters. The lowest BCUT2D eigenvalue weighted by atomic mass is 9.68. The number of hydrogen-bond donors (Lipinski definition) is 1. The molecule has 2 N–H and O–H groups in total. The molecule has 1 saturated carbocycles. The van der Waals surface area contributed by atoms with Gasteiger partial charge in [0.2, 0.25) is 0 Å². The summed E-state index contributed by atoms with van der Waals surface area (Å²) in [5.74, 6) is 1.39. The van der Waals surface area contributed by atoms with Crippen LogP contribution >= 0.6 is 11.6 Å². The van der Waals surface area contributed by atoms with E-state index in [2.05, 4.69) is 44.9 Å². The monoisotopic (exact) mass is 308 g/mol. The Morgan fingerprint density at radius 3 is 2.48 bits per heavy atom. The number of likely N-dealkylation sites (N-methyl/N-ethyl adjacent to an activating group) is 1. The topological polar surface area (TPSA) is 29.3 Å². The highest BCUT2D eigenvalue weighted by molar-refractivity contribution is 6.30. The van der Waals surface area contributed by atoms with Crippen LogP contribution in [0.4, 0.5) is 0 Å². The Morgan fingerprint density at radius 2 is 1.90 bits per heavy atom. The third-order valence-corrected chi connectivity index (χ3v) is 5.95. The lowest BCUT2D eigenvalue weighted by Crippen LogP contribution is -2.59. The summed E-state index contributed by atoms with van der Waals surface area (Å²) in [4.78, 5) is 2.51. The van der Waals surface area contributed by atoms with Gasteiger partial charge in [-0.05, 0) is 56.3 Å². The standard InChI is InChI=1S/C18H29ClN2/c1-13-5-6-14(2)18(11-13,12-20)21(4)15(3)16-7-9-17(19)10-8-16/h7-10,13-15H,5-6,11-12,20H2,1-4H3. The van der Waals surface area contributed by atoms with E-state index in [9.17, 15) is 0 Å². The summed E-state index contributed by atoms with van der Waals surface area (Å²) in [5.41, 5.74) is 7.68. The summed E-state index contributed by atoms with van der Waals surface area (Å²) in [6, 6.07) is 8.56. The Bertz CT molecular complexity index is 459. The van der Waals surface area contributed by atoms with Crippen molar-refractivity contribution >= 4 is 11.6 Å². The quantitative estimate of drug-likeness (QED) is 0.888. The highest BCUT2D eigenvalue weighted by Crippen LogP contribution is 2.43. The van der Waals surface area contributed by atoms with Crippen LogP contribution in [0, 0.1) is 11.8 Å². The number of nitrogens with zero attached hydrogens (tertiary/aromatic N) is 1. The van der Waals surface area contributed by atoms with Crippen molar-refractivity contribution in [1.82, 2.24) is 4.90 Å². The SMILES string of the molecule is CC1CCC(C)C(CN)(N(C)C(C)c2ccc(Cl)cc2)C1. The molecule has 0 bridgehead atoms. The molecule has 1 aromatic rings. The van der Waals surface area contributed by atoms with E-state index in [0.29, 0.717) is 12.0 Å². The minimum Gasteiger partial charge on any atom is -0.329 e. The van der Waals surface area contributed by atoms with E-state index in [1.54, 1.807) is 0 Å². The fourth-order valence-corrected chi connectivity index (χ4v) is 4.11. The molecule has 0 amide bonds. The van der Waals surface area contributed by atoms with Crippen LogP contribution in [-0.2, 0) is 0 Å². The third-order valence-electron chi connectivity index (χ3n) is 5.70. The van der Waals surface area contributed by atoms with Crippen LogP contribution in [0.5, 0.6) is 0 Å². The summed E-state index contributed by atoms with van der Waals surface area (Å²) in [7, 11) is 2.24. The number of rotatable bonds is 4. The maximum Gasteiger partial charge on any atom is 0.0406 e. The summed E-state index contributed by atoms with van der Waals surface area (Å²) in [5, 5.41) is 0.793. The second-order valence-electron chi connectivity index (χ2n) is 6.93. The Morgan fingerprint density at radius 1 is 1.29 bits per heavy atom. The van der Waals surface area contributed by atoms with Crippen molar-refractivity contribution in [2.45, 2.75) is 51.6 Å². The van der Waals surface area contributed by atoms with Gasteiger partial charge in [0.05, 0.1) is 0 Å². The molecule has 2 rings (SSSR count). The summed E-state index contributed by atoms with van der Waals surface area (Å²) in [6.07, 6.45) is 3.79. The molecular formula is C18H29ClN2. The molecule has 1 aliphatic rings. The smallest absolute Gasteiger partial charge is 0.0406 e. The van der Waals surface area contributed by atoms with E-state index >= 15 is 0 Å². The molecule has 0 spiro atoms. The van der Waals surface area contributed by atoms with E-state index in [4.69, 9.17) is 17.3 Å². The maximum absolute atomic E-state index is 6.27. The first-order chi connectivity index (χ1) is 9.90. The normalized spacial score (nSPS) is 31.4. The van der Waals surface area contributed by atoms with Crippen LogP contribution in [0.1, 0.15) is 51.6 Å². The molecule has 0 heterocycles. The maximum atomic E-state index is 6.27. The van der Waals surface area contributed by atoms with E-state index in [-0.39, 0.29) is 5.54 Å². The van der Waals surface area contributed by atoms with E-state index in [1.165, 1.54) is 24.8 Å². The van der Waals surface area contributed by atoms with E-state index < -0.39 is 0 Å². The molecule has 1 aliphatic carbocycles. The zero-order valence-electron chi connectivity index (χ0n) is 13.8. The number of nitrogens with two attached hydrogens (primary N) is 1. The van der Waals surface area contributed by atoms with Crippen molar-refractivity contribution in [3.63, 3.8) is 0 Å². The first-order valence-corrected chi connectivity index (χ1v) is 8.47. The molecule has 3 heteroatoms. The van der Waals surface area contributed by atoms with Crippen LogP contribution in [0.2, 0.25) is 5.02 Å². The Hall–Kier alpha value is -0.570. The van der Waals surface area contributed by atoms with E-state index in [0.717, 1.165) is 17.5 Å². The molecule has 4 atom stereocenters. The van der Waals surface area contributed by atoms with Crippen LogP contribution in [0.15, 0.2) is 24.3 Å². The minimum atomic E-state index is 0.108. The summed E-state index contributed by atoms with van der Waals surface area (Å²) < 4.78 is 0. The highest BCUT2D eigenvalue weighted by atomic mass is 35.5. The van der Waals surface area contributed by atoms with Gasteiger partial charge in [0.15, 0.2) is 0 Å². The van der Waals surface area contributed by atoms with Crippen LogP contribution in [0.25, 0.3) is 0 Å². The Balaban J connectivity index is 2.26. The minimum absolute atomic E-state index is 0.108. The number of hydrogen-bond acceptors (Lipinski definition) is 2. The predicted molar refractivity (Wildman–Crippen MR) is 91.6 cm³/mol. The Kier molecular flexibility index (Phi) is 5.34. The van der Waals surface area contributed by atoms with Crippen LogP contribution in [-0.4, -0.2) is 24.0 Å². The van der Waals surface area contributed by atoms with Gasteiger partial charge in [0, 0.05) is 23.1 Å². The lowest BCUT2D eigenvalue weighted by molar-refractivity contribution is -0.00993. The van der Waals surface area contributed by atoms with Crippen LogP contribution < -0.4 is 5.73 Å². The number of halogens is 1. The number of benzene rings is 1. The van der Waals surface area contributed by atoms with Crippen molar-refractivity contribution in [2.24, 2.45) is 17.6 Å². The zero-order valence-corrected chi connectivity index (χ0v) is 14.5. The van der Waals surface area contributed by atoms with Gasteiger partial charge in [0.25, 0.3) is 0 Å².